The fourth-order valence-electron chi connectivity index (χ4n) is 2.83. The van der Waals surface area contributed by atoms with Crippen LogP contribution in [0.25, 0.3) is 0 Å². The summed E-state index contributed by atoms with van der Waals surface area (Å²) in [6.45, 7) is 4.11. The molecule has 0 saturated carbocycles. The van der Waals surface area contributed by atoms with Crippen LogP contribution in [0, 0.1) is 6.92 Å². The Hall–Kier alpha value is -1.89. The van der Waals surface area contributed by atoms with Crippen molar-refractivity contribution >= 4 is 27.3 Å². The number of benzene rings is 1. The van der Waals surface area contributed by atoms with Crippen LogP contribution in [0.3, 0.4) is 0 Å². The SMILES string of the molecule is CCN(C(=O)CC(=O)Nc1cccc(C)c1)C1CCS(=O)(=O)C1. The van der Waals surface area contributed by atoms with Gasteiger partial charge >= 0.3 is 0 Å². The maximum absolute atomic E-state index is 12.3. The molecule has 23 heavy (non-hydrogen) atoms. The van der Waals surface area contributed by atoms with E-state index >= 15 is 0 Å². The van der Waals surface area contributed by atoms with E-state index in [0.29, 0.717) is 18.7 Å². The fraction of sp³-hybridized carbons (Fsp3) is 0.500. The Labute approximate surface area is 136 Å². The molecule has 126 valence electrons. The number of anilines is 1. The third kappa shape index (κ3) is 4.79. The summed E-state index contributed by atoms with van der Waals surface area (Å²) in [5, 5.41) is 2.69. The third-order valence-electron chi connectivity index (χ3n) is 3.92. The Balaban J connectivity index is 1.95. The maximum Gasteiger partial charge on any atom is 0.233 e. The summed E-state index contributed by atoms with van der Waals surface area (Å²) in [7, 11) is -3.06. The van der Waals surface area contributed by atoms with Crippen molar-refractivity contribution in [1.29, 1.82) is 0 Å². The van der Waals surface area contributed by atoms with E-state index in [0.717, 1.165) is 5.56 Å². The number of carbonyl (C=O) groups excluding carboxylic acids is 2. The second-order valence-electron chi connectivity index (χ2n) is 5.83. The summed E-state index contributed by atoms with van der Waals surface area (Å²) in [4.78, 5) is 25.8. The molecule has 2 rings (SSSR count). The summed E-state index contributed by atoms with van der Waals surface area (Å²) >= 11 is 0. The topological polar surface area (TPSA) is 83.6 Å². The predicted molar refractivity (Wildman–Crippen MR) is 88.9 cm³/mol. The number of aryl methyl sites for hydroxylation is 1. The number of hydrogen-bond donors (Lipinski definition) is 1. The first-order valence-corrected chi connectivity index (χ1v) is 9.49. The molecule has 0 aliphatic carbocycles. The predicted octanol–water partition coefficient (Wildman–Crippen LogP) is 1.36. The average Bonchev–Trinajstić information content (AvgIpc) is 2.79. The molecule has 1 atom stereocenters. The number of rotatable bonds is 5. The molecule has 2 amide bonds. The molecule has 0 aromatic heterocycles. The molecule has 7 heteroatoms. The zero-order valence-electron chi connectivity index (χ0n) is 13.4. The van der Waals surface area contributed by atoms with E-state index in [1.54, 1.807) is 13.0 Å². The molecule has 0 spiro atoms. The van der Waals surface area contributed by atoms with Crippen LogP contribution in [0.2, 0.25) is 0 Å². The number of nitrogens with zero attached hydrogens (tertiary/aromatic N) is 1. The van der Waals surface area contributed by atoms with E-state index in [2.05, 4.69) is 5.32 Å². The van der Waals surface area contributed by atoms with Gasteiger partial charge in [0.2, 0.25) is 11.8 Å². The van der Waals surface area contributed by atoms with Gasteiger partial charge in [0, 0.05) is 18.3 Å². The van der Waals surface area contributed by atoms with Crippen molar-refractivity contribution in [2.45, 2.75) is 32.7 Å². The van der Waals surface area contributed by atoms with Crippen molar-refractivity contribution in [2.24, 2.45) is 0 Å². The fourth-order valence-corrected chi connectivity index (χ4v) is 4.56. The first-order valence-electron chi connectivity index (χ1n) is 7.67. The first-order chi connectivity index (χ1) is 10.8. The highest BCUT2D eigenvalue weighted by molar-refractivity contribution is 7.91. The van der Waals surface area contributed by atoms with E-state index in [4.69, 9.17) is 0 Å². The summed E-state index contributed by atoms with van der Waals surface area (Å²) in [6.07, 6.45) is 0.166. The molecule has 0 radical (unpaired) electrons. The van der Waals surface area contributed by atoms with Crippen LogP contribution in [-0.2, 0) is 19.4 Å². The van der Waals surface area contributed by atoms with Crippen molar-refractivity contribution in [3.05, 3.63) is 29.8 Å². The van der Waals surface area contributed by atoms with Gasteiger partial charge in [-0.15, -0.1) is 0 Å². The molecule has 1 N–H and O–H groups in total. The van der Waals surface area contributed by atoms with E-state index in [1.807, 2.05) is 25.1 Å². The molecular formula is C16H22N2O4S. The lowest BCUT2D eigenvalue weighted by Gasteiger charge is -2.26. The Kier molecular flexibility index (Phi) is 5.41. The highest BCUT2D eigenvalue weighted by Gasteiger charge is 2.34. The Bertz CT molecular complexity index is 700. The zero-order chi connectivity index (χ0) is 17.0. The minimum atomic E-state index is -3.06. The molecule has 0 bridgehead atoms. The van der Waals surface area contributed by atoms with E-state index in [1.165, 1.54) is 4.90 Å². The number of sulfone groups is 1. The molecule has 1 aliphatic rings. The van der Waals surface area contributed by atoms with Crippen LogP contribution in [0.1, 0.15) is 25.3 Å². The Morgan fingerprint density at radius 3 is 2.65 bits per heavy atom. The molecule has 1 aliphatic heterocycles. The summed E-state index contributed by atoms with van der Waals surface area (Å²) in [5.74, 6) is -0.622. The van der Waals surface area contributed by atoms with Crippen LogP contribution < -0.4 is 5.32 Å². The van der Waals surface area contributed by atoms with Crippen molar-refractivity contribution < 1.29 is 18.0 Å². The zero-order valence-corrected chi connectivity index (χ0v) is 14.2. The Morgan fingerprint density at radius 1 is 1.35 bits per heavy atom. The lowest BCUT2D eigenvalue weighted by molar-refractivity contribution is -0.135. The van der Waals surface area contributed by atoms with Crippen LogP contribution in [-0.4, -0.2) is 49.2 Å². The minimum absolute atomic E-state index is 0.00786. The quantitative estimate of drug-likeness (QED) is 0.822. The Morgan fingerprint density at radius 2 is 2.09 bits per heavy atom. The van der Waals surface area contributed by atoms with Gasteiger partial charge in [0.25, 0.3) is 0 Å². The van der Waals surface area contributed by atoms with Crippen LogP contribution in [0.15, 0.2) is 24.3 Å². The van der Waals surface area contributed by atoms with Gasteiger partial charge in [-0.05, 0) is 38.0 Å². The molecule has 1 aromatic rings. The molecule has 1 saturated heterocycles. The number of amides is 2. The molecular weight excluding hydrogens is 316 g/mol. The largest absolute Gasteiger partial charge is 0.338 e. The minimum Gasteiger partial charge on any atom is -0.338 e. The molecule has 1 heterocycles. The van der Waals surface area contributed by atoms with Gasteiger partial charge in [0.15, 0.2) is 9.84 Å². The van der Waals surface area contributed by atoms with Crippen LogP contribution >= 0.6 is 0 Å². The maximum atomic E-state index is 12.3. The van der Waals surface area contributed by atoms with Crippen LogP contribution in [0.4, 0.5) is 5.69 Å². The average molecular weight is 338 g/mol. The lowest BCUT2D eigenvalue weighted by Crippen LogP contribution is -2.42. The molecule has 1 unspecified atom stereocenters. The number of hydrogen-bond acceptors (Lipinski definition) is 4. The van der Waals surface area contributed by atoms with E-state index in [9.17, 15) is 18.0 Å². The molecule has 1 fully saturated rings. The van der Waals surface area contributed by atoms with E-state index in [-0.39, 0.29) is 35.8 Å². The van der Waals surface area contributed by atoms with Crippen molar-refractivity contribution in [1.82, 2.24) is 4.90 Å². The monoisotopic (exact) mass is 338 g/mol. The standard InChI is InChI=1S/C16H22N2O4S/c1-3-18(14-7-8-23(21,22)11-14)16(20)10-15(19)17-13-6-4-5-12(2)9-13/h4-6,9,14H,3,7-8,10-11H2,1-2H3,(H,17,19). The summed E-state index contributed by atoms with van der Waals surface area (Å²) < 4.78 is 23.1. The van der Waals surface area contributed by atoms with E-state index < -0.39 is 9.84 Å². The highest BCUT2D eigenvalue weighted by Crippen LogP contribution is 2.18. The molecule has 6 nitrogen and oxygen atoms in total. The van der Waals surface area contributed by atoms with Gasteiger partial charge in [0.1, 0.15) is 6.42 Å². The lowest BCUT2D eigenvalue weighted by atomic mass is 10.2. The van der Waals surface area contributed by atoms with Gasteiger partial charge in [-0.1, -0.05) is 12.1 Å². The smallest absolute Gasteiger partial charge is 0.233 e. The number of carbonyl (C=O) groups is 2. The summed E-state index contributed by atoms with van der Waals surface area (Å²) in [5.41, 5.74) is 1.66. The highest BCUT2D eigenvalue weighted by atomic mass is 32.2. The van der Waals surface area contributed by atoms with Gasteiger partial charge in [-0.3, -0.25) is 9.59 Å². The van der Waals surface area contributed by atoms with Gasteiger partial charge in [-0.2, -0.15) is 0 Å². The normalized spacial score (nSPS) is 19.3. The first kappa shape index (κ1) is 17.5. The van der Waals surface area contributed by atoms with Gasteiger partial charge in [0.05, 0.1) is 11.5 Å². The van der Waals surface area contributed by atoms with Crippen molar-refractivity contribution in [3.8, 4) is 0 Å². The second kappa shape index (κ2) is 7.12. The third-order valence-corrected chi connectivity index (χ3v) is 5.67. The van der Waals surface area contributed by atoms with Crippen LogP contribution in [0.5, 0.6) is 0 Å². The van der Waals surface area contributed by atoms with Crippen molar-refractivity contribution in [3.63, 3.8) is 0 Å². The molecule has 1 aromatic carbocycles. The number of nitrogens with one attached hydrogen (secondary N) is 1. The summed E-state index contributed by atoms with van der Waals surface area (Å²) in [6, 6.07) is 7.01. The second-order valence-corrected chi connectivity index (χ2v) is 8.06. The van der Waals surface area contributed by atoms with Gasteiger partial charge in [-0.25, -0.2) is 8.42 Å². The van der Waals surface area contributed by atoms with Crippen molar-refractivity contribution in [2.75, 3.05) is 23.4 Å². The van der Waals surface area contributed by atoms with Gasteiger partial charge < -0.3 is 10.2 Å².